The van der Waals surface area contributed by atoms with Gasteiger partial charge in [-0.25, -0.2) is 4.39 Å². The molecule has 20 heavy (non-hydrogen) atoms. The third-order valence-corrected chi connectivity index (χ3v) is 3.38. The van der Waals surface area contributed by atoms with Gasteiger partial charge in [-0.15, -0.1) is 0 Å². The van der Waals surface area contributed by atoms with Gasteiger partial charge in [0.2, 0.25) is 0 Å². The van der Waals surface area contributed by atoms with Crippen molar-refractivity contribution in [1.82, 2.24) is 15.3 Å². The third-order valence-electron chi connectivity index (χ3n) is 3.04. The first kappa shape index (κ1) is 14.9. The van der Waals surface area contributed by atoms with Crippen LogP contribution in [-0.4, -0.2) is 16.5 Å². The van der Waals surface area contributed by atoms with E-state index in [1.165, 1.54) is 6.07 Å². The summed E-state index contributed by atoms with van der Waals surface area (Å²) < 4.78 is 13.9. The fourth-order valence-electron chi connectivity index (χ4n) is 2.03. The normalized spacial score (nSPS) is 12.3. The van der Waals surface area contributed by atoms with Gasteiger partial charge in [-0.3, -0.25) is 9.97 Å². The smallest absolute Gasteiger partial charge is 0.146 e. The molecular formula is C15H17ClFN3. The number of aromatic nitrogens is 2. The molecule has 0 aliphatic heterocycles. The van der Waals surface area contributed by atoms with Gasteiger partial charge in [0.1, 0.15) is 5.82 Å². The van der Waals surface area contributed by atoms with Crippen molar-refractivity contribution in [2.24, 2.45) is 0 Å². The van der Waals surface area contributed by atoms with Crippen LogP contribution in [0.2, 0.25) is 5.02 Å². The van der Waals surface area contributed by atoms with Crippen LogP contribution in [0.4, 0.5) is 4.39 Å². The lowest BCUT2D eigenvalue weighted by atomic mass is 10.0. The van der Waals surface area contributed by atoms with Gasteiger partial charge in [0.25, 0.3) is 0 Å². The Balaban J connectivity index is 2.24. The van der Waals surface area contributed by atoms with Gasteiger partial charge >= 0.3 is 0 Å². The van der Waals surface area contributed by atoms with Crippen molar-refractivity contribution in [3.05, 3.63) is 58.9 Å². The zero-order valence-electron chi connectivity index (χ0n) is 11.3. The van der Waals surface area contributed by atoms with Crippen LogP contribution in [0.15, 0.2) is 36.8 Å². The number of nitrogens with zero attached hydrogens (tertiary/aromatic N) is 2. The first-order valence-electron chi connectivity index (χ1n) is 6.64. The Bertz CT molecular complexity index is 562. The van der Waals surface area contributed by atoms with Crippen LogP contribution in [0.1, 0.15) is 30.6 Å². The number of rotatable bonds is 6. The molecule has 0 aromatic carbocycles. The molecule has 1 N–H and O–H groups in total. The van der Waals surface area contributed by atoms with Crippen molar-refractivity contribution in [3.8, 4) is 0 Å². The second-order valence-electron chi connectivity index (χ2n) is 4.55. The molecule has 2 heterocycles. The molecule has 0 radical (unpaired) electrons. The summed E-state index contributed by atoms with van der Waals surface area (Å²) in [5.74, 6) is -0.300. The van der Waals surface area contributed by atoms with Crippen LogP contribution in [0, 0.1) is 5.82 Å². The molecule has 2 aromatic heterocycles. The van der Waals surface area contributed by atoms with E-state index in [9.17, 15) is 4.39 Å². The lowest BCUT2D eigenvalue weighted by molar-refractivity contribution is 0.483. The first-order valence-corrected chi connectivity index (χ1v) is 7.02. The lowest BCUT2D eigenvalue weighted by Gasteiger charge is -2.19. The largest absolute Gasteiger partial charge is 0.308 e. The summed E-state index contributed by atoms with van der Waals surface area (Å²) in [5.41, 5.74) is 1.36. The molecule has 106 valence electrons. The minimum absolute atomic E-state index is 0.198. The van der Waals surface area contributed by atoms with Crippen molar-refractivity contribution in [1.29, 1.82) is 0 Å². The van der Waals surface area contributed by atoms with Gasteiger partial charge in [-0.05, 0) is 43.1 Å². The van der Waals surface area contributed by atoms with Gasteiger partial charge in [-0.2, -0.15) is 0 Å². The first-order chi connectivity index (χ1) is 9.72. The summed E-state index contributed by atoms with van der Waals surface area (Å²) in [6.45, 7) is 2.86. The molecule has 0 spiro atoms. The lowest BCUT2D eigenvalue weighted by Crippen LogP contribution is -2.26. The molecule has 0 aliphatic rings. The highest BCUT2D eigenvalue weighted by molar-refractivity contribution is 6.31. The molecule has 2 aromatic rings. The predicted octanol–water partition coefficient (Wildman–Crippen LogP) is 3.55. The van der Waals surface area contributed by atoms with Gasteiger partial charge in [0.15, 0.2) is 0 Å². The zero-order chi connectivity index (χ0) is 14.4. The average molecular weight is 294 g/mol. The third kappa shape index (κ3) is 3.74. The quantitative estimate of drug-likeness (QED) is 0.885. The Hall–Kier alpha value is -1.52. The molecule has 2 rings (SSSR count). The highest BCUT2D eigenvalue weighted by Gasteiger charge is 2.18. The molecule has 0 fully saturated rings. The van der Waals surface area contributed by atoms with Crippen molar-refractivity contribution in [2.45, 2.75) is 25.8 Å². The second-order valence-corrected chi connectivity index (χ2v) is 4.96. The number of hydrogen-bond donors (Lipinski definition) is 1. The van der Waals surface area contributed by atoms with E-state index in [0.717, 1.165) is 18.5 Å². The molecule has 0 amide bonds. The molecule has 0 saturated heterocycles. The Morgan fingerprint density at radius 2 is 2.20 bits per heavy atom. The maximum atomic E-state index is 13.9. The summed E-state index contributed by atoms with van der Waals surface area (Å²) in [7, 11) is 0. The molecule has 0 bridgehead atoms. The van der Waals surface area contributed by atoms with E-state index in [1.54, 1.807) is 24.7 Å². The zero-order valence-corrected chi connectivity index (χ0v) is 12.1. The van der Waals surface area contributed by atoms with E-state index >= 15 is 0 Å². The van der Waals surface area contributed by atoms with Gasteiger partial charge in [-0.1, -0.05) is 18.5 Å². The van der Waals surface area contributed by atoms with Gasteiger partial charge in [0.05, 0.1) is 16.8 Å². The Kier molecular flexibility index (Phi) is 5.44. The number of pyridine rings is 2. The summed E-state index contributed by atoms with van der Waals surface area (Å²) in [6.07, 6.45) is 6.44. The van der Waals surface area contributed by atoms with Crippen molar-refractivity contribution in [3.63, 3.8) is 0 Å². The van der Waals surface area contributed by atoms with E-state index in [4.69, 9.17) is 11.6 Å². The molecular weight excluding hydrogens is 277 g/mol. The summed E-state index contributed by atoms with van der Waals surface area (Å²) in [4.78, 5) is 8.12. The Labute approximate surface area is 123 Å². The van der Waals surface area contributed by atoms with E-state index < -0.39 is 0 Å². The van der Waals surface area contributed by atoms with Crippen molar-refractivity contribution < 1.29 is 4.39 Å². The second kappa shape index (κ2) is 7.31. The van der Waals surface area contributed by atoms with E-state index in [1.807, 2.05) is 6.07 Å². The van der Waals surface area contributed by atoms with E-state index in [-0.39, 0.29) is 11.9 Å². The highest BCUT2D eigenvalue weighted by Crippen LogP contribution is 2.23. The molecule has 0 saturated carbocycles. The number of hydrogen-bond acceptors (Lipinski definition) is 3. The van der Waals surface area contributed by atoms with Gasteiger partial charge < -0.3 is 5.32 Å². The number of halogens is 2. The van der Waals surface area contributed by atoms with Crippen LogP contribution in [-0.2, 0) is 6.42 Å². The summed E-state index contributed by atoms with van der Waals surface area (Å²) >= 11 is 6.13. The minimum atomic E-state index is -0.300. The monoisotopic (exact) mass is 293 g/mol. The predicted molar refractivity (Wildman–Crippen MR) is 78.2 cm³/mol. The fraction of sp³-hybridized carbons (Fsp3) is 0.333. The van der Waals surface area contributed by atoms with Crippen LogP contribution < -0.4 is 5.32 Å². The van der Waals surface area contributed by atoms with Crippen molar-refractivity contribution >= 4 is 11.6 Å². The van der Waals surface area contributed by atoms with Crippen LogP contribution in [0.25, 0.3) is 0 Å². The summed E-state index contributed by atoms with van der Waals surface area (Å²) in [5, 5.41) is 3.91. The average Bonchev–Trinajstić information content (AvgIpc) is 2.46. The fourth-order valence-corrected chi connectivity index (χ4v) is 2.22. The van der Waals surface area contributed by atoms with Gasteiger partial charge in [0, 0.05) is 18.6 Å². The number of nitrogens with one attached hydrogen (secondary N) is 1. The molecule has 0 aliphatic carbocycles. The minimum Gasteiger partial charge on any atom is -0.308 e. The maximum absolute atomic E-state index is 13.9. The van der Waals surface area contributed by atoms with E-state index in [0.29, 0.717) is 17.1 Å². The SMILES string of the molecule is CCCNC(Cc1ccncc1Cl)c1ncccc1F. The topological polar surface area (TPSA) is 37.8 Å². The highest BCUT2D eigenvalue weighted by atomic mass is 35.5. The molecule has 5 heteroatoms. The molecule has 3 nitrogen and oxygen atoms in total. The standard InChI is InChI=1S/C15H17ClFN3/c1-2-6-19-14(15-13(17)4-3-7-20-15)9-11-5-8-18-10-12(11)16/h3-5,7-8,10,14,19H,2,6,9H2,1H3. The maximum Gasteiger partial charge on any atom is 0.146 e. The molecule has 1 unspecified atom stereocenters. The van der Waals surface area contributed by atoms with Crippen LogP contribution >= 0.6 is 11.6 Å². The molecule has 1 atom stereocenters. The Morgan fingerprint density at radius 1 is 1.35 bits per heavy atom. The van der Waals surface area contributed by atoms with Crippen molar-refractivity contribution in [2.75, 3.05) is 6.54 Å². The van der Waals surface area contributed by atoms with Crippen LogP contribution in [0.5, 0.6) is 0 Å². The summed E-state index contributed by atoms with van der Waals surface area (Å²) in [6, 6.07) is 4.67. The van der Waals surface area contributed by atoms with Crippen LogP contribution in [0.3, 0.4) is 0 Å². The van der Waals surface area contributed by atoms with E-state index in [2.05, 4.69) is 22.2 Å². The Morgan fingerprint density at radius 3 is 2.90 bits per heavy atom.